The van der Waals surface area contributed by atoms with Crippen LogP contribution in [0.2, 0.25) is 0 Å². The number of unbranched alkanes of at least 4 members (excludes halogenated alkanes) is 1. The predicted molar refractivity (Wildman–Crippen MR) is 101 cm³/mol. The van der Waals surface area contributed by atoms with Gasteiger partial charge in [0, 0.05) is 31.1 Å². The number of likely N-dealkylation sites (tertiary alicyclic amines) is 1. The lowest BCUT2D eigenvalue weighted by molar-refractivity contribution is -0.127. The lowest BCUT2D eigenvalue weighted by atomic mass is 9.76. The standard InChI is InChI=1S/C21H30N2O3/c1-3-4-13-26-17-9-7-16(8-10-17)20(25)23-14-18(19(24)22-2)21(15-23)11-5-6-12-21/h7-10,18H,3-6,11-15H2,1-2H3,(H,22,24)/t18-/m0/s1. The highest BCUT2D eigenvalue weighted by molar-refractivity contribution is 5.95. The quantitative estimate of drug-likeness (QED) is 0.794. The fourth-order valence-corrected chi connectivity index (χ4v) is 4.46. The van der Waals surface area contributed by atoms with Crippen LogP contribution < -0.4 is 10.1 Å². The summed E-state index contributed by atoms with van der Waals surface area (Å²) in [6.07, 6.45) is 6.51. The Morgan fingerprint density at radius 1 is 1.23 bits per heavy atom. The molecule has 1 spiro atoms. The van der Waals surface area contributed by atoms with E-state index in [1.165, 1.54) is 0 Å². The van der Waals surface area contributed by atoms with Crippen molar-refractivity contribution in [3.63, 3.8) is 0 Å². The number of carbonyl (C=O) groups is 2. The van der Waals surface area contributed by atoms with Crippen LogP contribution in [0.3, 0.4) is 0 Å². The minimum absolute atomic E-state index is 0.0165. The van der Waals surface area contributed by atoms with E-state index in [-0.39, 0.29) is 23.1 Å². The Labute approximate surface area is 156 Å². The van der Waals surface area contributed by atoms with Crippen molar-refractivity contribution in [1.82, 2.24) is 10.2 Å². The van der Waals surface area contributed by atoms with Crippen LogP contribution in [-0.2, 0) is 4.79 Å². The fourth-order valence-electron chi connectivity index (χ4n) is 4.46. The van der Waals surface area contributed by atoms with Gasteiger partial charge < -0.3 is 15.0 Å². The fraction of sp³-hybridized carbons (Fsp3) is 0.619. The Hall–Kier alpha value is -2.04. The average molecular weight is 358 g/mol. The predicted octanol–water partition coefficient (Wildman–Crippen LogP) is 3.24. The third kappa shape index (κ3) is 3.71. The summed E-state index contributed by atoms with van der Waals surface area (Å²) < 4.78 is 5.67. The Morgan fingerprint density at radius 2 is 1.92 bits per heavy atom. The molecule has 1 saturated heterocycles. The zero-order valence-corrected chi connectivity index (χ0v) is 15.9. The largest absolute Gasteiger partial charge is 0.494 e. The number of nitrogens with zero attached hydrogens (tertiary/aromatic N) is 1. The lowest BCUT2D eigenvalue weighted by Gasteiger charge is -2.28. The van der Waals surface area contributed by atoms with E-state index >= 15 is 0 Å². The summed E-state index contributed by atoms with van der Waals surface area (Å²) in [6, 6.07) is 7.39. The van der Waals surface area contributed by atoms with Gasteiger partial charge in [-0.1, -0.05) is 26.2 Å². The number of hydrogen-bond donors (Lipinski definition) is 1. The number of hydrogen-bond acceptors (Lipinski definition) is 3. The lowest BCUT2D eigenvalue weighted by Crippen LogP contribution is -2.38. The molecule has 1 saturated carbocycles. The topological polar surface area (TPSA) is 58.6 Å². The van der Waals surface area contributed by atoms with Gasteiger partial charge in [0.05, 0.1) is 12.5 Å². The van der Waals surface area contributed by atoms with Gasteiger partial charge in [-0.05, 0) is 43.5 Å². The van der Waals surface area contributed by atoms with Crippen molar-refractivity contribution in [2.75, 3.05) is 26.7 Å². The van der Waals surface area contributed by atoms with Crippen molar-refractivity contribution in [2.45, 2.75) is 45.4 Å². The minimum Gasteiger partial charge on any atom is -0.494 e. The third-order valence-electron chi connectivity index (χ3n) is 5.97. The normalized spacial score (nSPS) is 21.2. The molecule has 1 atom stereocenters. The van der Waals surface area contributed by atoms with Gasteiger partial charge in [0.1, 0.15) is 5.75 Å². The Balaban J connectivity index is 1.69. The van der Waals surface area contributed by atoms with Crippen LogP contribution in [0.15, 0.2) is 24.3 Å². The molecule has 142 valence electrons. The maximum absolute atomic E-state index is 13.0. The van der Waals surface area contributed by atoms with Crippen LogP contribution in [0.4, 0.5) is 0 Å². The number of carbonyl (C=O) groups excluding carboxylic acids is 2. The van der Waals surface area contributed by atoms with Gasteiger partial charge in [-0.2, -0.15) is 0 Å². The molecule has 0 unspecified atom stereocenters. The van der Waals surface area contributed by atoms with Gasteiger partial charge in [0.25, 0.3) is 5.91 Å². The van der Waals surface area contributed by atoms with E-state index < -0.39 is 0 Å². The molecule has 0 aromatic heterocycles. The first-order chi connectivity index (χ1) is 12.6. The van der Waals surface area contributed by atoms with Crippen LogP contribution in [0, 0.1) is 11.3 Å². The zero-order valence-electron chi connectivity index (χ0n) is 15.9. The Morgan fingerprint density at radius 3 is 2.54 bits per heavy atom. The number of nitrogens with one attached hydrogen (secondary N) is 1. The average Bonchev–Trinajstić information content (AvgIpc) is 3.29. The molecule has 2 fully saturated rings. The van der Waals surface area contributed by atoms with Gasteiger partial charge in [-0.15, -0.1) is 0 Å². The molecule has 3 rings (SSSR count). The molecular weight excluding hydrogens is 328 g/mol. The summed E-state index contributed by atoms with van der Waals surface area (Å²) in [5.41, 5.74) is 0.637. The number of rotatable bonds is 6. The molecule has 1 aliphatic carbocycles. The molecule has 1 N–H and O–H groups in total. The Kier molecular flexibility index (Phi) is 5.84. The van der Waals surface area contributed by atoms with Crippen molar-refractivity contribution in [3.8, 4) is 5.75 Å². The van der Waals surface area contributed by atoms with E-state index in [2.05, 4.69) is 12.2 Å². The number of amides is 2. The first-order valence-electron chi connectivity index (χ1n) is 9.83. The van der Waals surface area contributed by atoms with Crippen molar-refractivity contribution in [2.24, 2.45) is 11.3 Å². The molecule has 0 radical (unpaired) electrons. The third-order valence-corrected chi connectivity index (χ3v) is 5.97. The smallest absolute Gasteiger partial charge is 0.253 e. The van der Waals surface area contributed by atoms with Crippen LogP contribution in [0.25, 0.3) is 0 Å². The first kappa shape index (κ1) is 18.7. The van der Waals surface area contributed by atoms with E-state index in [0.29, 0.717) is 25.3 Å². The first-order valence-corrected chi connectivity index (χ1v) is 9.83. The van der Waals surface area contributed by atoms with Crippen molar-refractivity contribution >= 4 is 11.8 Å². The maximum Gasteiger partial charge on any atom is 0.253 e. The van der Waals surface area contributed by atoms with Crippen LogP contribution in [-0.4, -0.2) is 43.5 Å². The molecular formula is C21H30N2O3. The van der Waals surface area contributed by atoms with Crippen molar-refractivity contribution < 1.29 is 14.3 Å². The highest BCUT2D eigenvalue weighted by Crippen LogP contribution is 2.49. The summed E-state index contributed by atoms with van der Waals surface area (Å²) in [4.78, 5) is 27.2. The molecule has 1 heterocycles. The van der Waals surface area contributed by atoms with Gasteiger partial charge in [-0.25, -0.2) is 0 Å². The molecule has 1 aromatic carbocycles. The minimum atomic E-state index is -0.0874. The number of benzene rings is 1. The summed E-state index contributed by atoms with van der Waals surface area (Å²) in [6.45, 7) is 4.04. The molecule has 0 bridgehead atoms. The van der Waals surface area contributed by atoms with Crippen LogP contribution in [0.5, 0.6) is 5.75 Å². The van der Waals surface area contributed by atoms with E-state index in [1.54, 1.807) is 7.05 Å². The van der Waals surface area contributed by atoms with Gasteiger partial charge >= 0.3 is 0 Å². The molecule has 5 nitrogen and oxygen atoms in total. The second-order valence-corrected chi connectivity index (χ2v) is 7.65. The van der Waals surface area contributed by atoms with Crippen molar-refractivity contribution in [1.29, 1.82) is 0 Å². The molecule has 2 amide bonds. The van der Waals surface area contributed by atoms with Gasteiger partial charge in [0.2, 0.25) is 5.91 Å². The summed E-state index contributed by atoms with van der Waals surface area (Å²) >= 11 is 0. The summed E-state index contributed by atoms with van der Waals surface area (Å²) in [5.74, 6) is 0.798. The highest BCUT2D eigenvalue weighted by atomic mass is 16.5. The van der Waals surface area contributed by atoms with Gasteiger partial charge in [0.15, 0.2) is 0 Å². The maximum atomic E-state index is 13.0. The SMILES string of the molecule is CCCCOc1ccc(C(=O)N2C[C@@H](C(=O)NC)C3(CCCC3)C2)cc1. The van der Waals surface area contributed by atoms with E-state index in [4.69, 9.17) is 4.74 Å². The van der Waals surface area contributed by atoms with Gasteiger partial charge in [-0.3, -0.25) is 9.59 Å². The van der Waals surface area contributed by atoms with E-state index in [0.717, 1.165) is 44.3 Å². The molecule has 2 aliphatic rings. The summed E-state index contributed by atoms with van der Waals surface area (Å²) in [5, 5.41) is 2.80. The second-order valence-electron chi connectivity index (χ2n) is 7.65. The summed E-state index contributed by atoms with van der Waals surface area (Å²) in [7, 11) is 1.69. The molecule has 5 heteroatoms. The molecule has 26 heavy (non-hydrogen) atoms. The monoisotopic (exact) mass is 358 g/mol. The highest BCUT2D eigenvalue weighted by Gasteiger charge is 2.52. The molecule has 1 aromatic rings. The van der Waals surface area contributed by atoms with Crippen LogP contribution in [0.1, 0.15) is 55.8 Å². The Bertz CT molecular complexity index is 635. The second kappa shape index (κ2) is 8.11. The van der Waals surface area contributed by atoms with Crippen molar-refractivity contribution in [3.05, 3.63) is 29.8 Å². The van der Waals surface area contributed by atoms with E-state index in [9.17, 15) is 9.59 Å². The van der Waals surface area contributed by atoms with Crippen LogP contribution >= 0.6 is 0 Å². The number of ether oxygens (including phenoxy) is 1. The molecule has 1 aliphatic heterocycles. The van der Waals surface area contributed by atoms with E-state index in [1.807, 2.05) is 29.2 Å². The zero-order chi connectivity index (χ0) is 18.6.